The number of piperidine rings is 1. The van der Waals surface area contributed by atoms with Crippen LogP contribution in [0.15, 0.2) is 24.3 Å². The van der Waals surface area contributed by atoms with Crippen LogP contribution in [0.4, 0.5) is 0 Å². The van der Waals surface area contributed by atoms with E-state index in [-0.39, 0.29) is 34.8 Å². The van der Waals surface area contributed by atoms with Gasteiger partial charge in [0.2, 0.25) is 26.0 Å². The molecular weight excluding hydrogens is 524 g/mol. The molecule has 11 heteroatoms. The van der Waals surface area contributed by atoms with Crippen LogP contribution < -0.4 is 16.2 Å². The van der Waals surface area contributed by atoms with Crippen LogP contribution in [0, 0.1) is 16.7 Å². The van der Waals surface area contributed by atoms with E-state index in [0.29, 0.717) is 25.4 Å². The highest BCUT2D eigenvalue weighted by Gasteiger charge is 2.66. The molecule has 1 aromatic rings. The maximum absolute atomic E-state index is 13.9. The van der Waals surface area contributed by atoms with Gasteiger partial charge in [0.25, 0.3) is 0 Å². The molecule has 3 aliphatic carbocycles. The molecule has 5 N–H and O–H groups in total. The van der Waals surface area contributed by atoms with Crippen molar-refractivity contribution in [2.75, 3.05) is 24.6 Å². The number of benzene rings is 1. The highest BCUT2D eigenvalue weighted by Crippen LogP contribution is 2.66. The van der Waals surface area contributed by atoms with Gasteiger partial charge in [0.1, 0.15) is 0 Å². The Balaban J connectivity index is 1.30. The Morgan fingerprint density at radius 2 is 1.79 bits per heavy atom. The van der Waals surface area contributed by atoms with Gasteiger partial charge < -0.3 is 11.1 Å². The molecule has 2 saturated carbocycles. The molecule has 4 aliphatic rings. The quantitative estimate of drug-likeness (QED) is 0.435. The highest BCUT2D eigenvalue weighted by atomic mass is 32.2. The summed E-state index contributed by atoms with van der Waals surface area (Å²) in [6.07, 6.45) is 6.10. The molecule has 0 radical (unpaired) electrons. The van der Waals surface area contributed by atoms with Gasteiger partial charge in [-0.1, -0.05) is 38.1 Å². The van der Waals surface area contributed by atoms with Gasteiger partial charge in [-0.05, 0) is 79.2 Å². The van der Waals surface area contributed by atoms with Gasteiger partial charge in [-0.25, -0.2) is 26.3 Å². The minimum Gasteiger partial charge on any atom is -0.351 e. The van der Waals surface area contributed by atoms with E-state index < -0.39 is 37.4 Å². The maximum atomic E-state index is 13.9. The van der Waals surface area contributed by atoms with Crippen LogP contribution in [-0.4, -0.2) is 63.7 Å². The first-order valence-electron chi connectivity index (χ1n) is 13.8. The van der Waals surface area contributed by atoms with E-state index in [0.717, 1.165) is 38.5 Å². The topological polar surface area (TPSA) is 153 Å². The Bertz CT molecular complexity index is 1300. The van der Waals surface area contributed by atoms with Crippen LogP contribution in [-0.2, 0) is 36.7 Å². The third-order valence-electron chi connectivity index (χ3n) is 10.8. The second-order valence-electron chi connectivity index (χ2n) is 12.8. The molecule has 1 heterocycles. The smallest absolute Gasteiger partial charge is 0.237 e. The Morgan fingerprint density at radius 1 is 1.11 bits per heavy atom. The Kier molecular flexibility index (Phi) is 7.03. The Hall–Kier alpha value is -1.53. The van der Waals surface area contributed by atoms with Crippen molar-refractivity contribution in [3.8, 4) is 0 Å². The molecule has 212 valence electrons. The number of nitrogens with one attached hydrogen (secondary N) is 1. The van der Waals surface area contributed by atoms with E-state index in [2.05, 4.69) is 43.4 Å². The molecule has 38 heavy (non-hydrogen) atoms. The molecule has 3 fully saturated rings. The van der Waals surface area contributed by atoms with Gasteiger partial charge in [-0.3, -0.25) is 4.79 Å². The SMILES string of the molecule is CC1(C)[C@@H]2CC[C@@]1(CS(=O)(=O)N1CCC3(CCc4ccccc43)CC1)[C@@H](NC(=O)[C@@H](N)CCS(N)(=O)=O)C2. The normalized spacial score (nSPS) is 30.8. The molecule has 5 rings (SSSR count). The average Bonchev–Trinajstić information content (AvgIpc) is 3.39. The number of fused-ring (bicyclic) bond motifs is 4. The van der Waals surface area contributed by atoms with Crippen molar-refractivity contribution in [2.45, 2.75) is 82.7 Å². The maximum Gasteiger partial charge on any atom is 0.237 e. The molecule has 1 saturated heterocycles. The average molecular weight is 567 g/mol. The number of carbonyl (C=O) groups excluding carboxylic acids is 1. The van der Waals surface area contributed by atoms with Crippen molar-refractivity contribution in [1.82, 2.24) is 9.62 Å². The molecule has 1 amide bonds. The van der Waals surface area contributed by atoms with Gasteiger partial charge in [0, 0.05) is 24.5 Å². The van der Waals surface area contributed by atoms with Gasteiger partial charge in [-0.15, -0.1) is 0 Å². The van der Waals surface area contributed by atoms with E-state index in [4.69, 9.17) is 10.9 Å². The van der Waals surface area contributed by atoms with E-state index in [1.54, 1.807) is 4.31 Å². The number of amides is 1. The van der Waals surface area contributed by atoms with E-state index in [9.17, 15) is 21.6 Å². The third kappa shape index (κ3) is 4.72. The molecular formula is C27H42N4O5S2. The number of sulfonamides is 2. The van der Waals surface area contributed by atoms with Crippen LogP contribution in [0.5, 0.6) is 0 Å². The second-order valence-corrected chi connectivity index (χ2v) is 16.5. The molecule has 1 spiro atoms. The molecule has 0 unspecified atom stereocenters. The predicted molar refractivity (Wildman–Crippen MR) is 147 cm³/mol. The summed E-state index contributed by atoms with van der Waals surface area (Å²) < 4.78 is 52.2. The number of rotatable bonds is 8. The molecule has 9 nitrogen and oxygen atoms in total. The predicted octanol–water partition coefficient (Wildman–Crippen LogP) is 1.61. The number of nitrogens with zero attached hydrogens (tertiary/aromatic N) is 1. The fourth-order valence-corrected chi connectivity index (χ4v) is 11.1. The first kappa shape index (κ1) is 28.0. The zero-order chi connectivity index (χ0) is 27.6. The van der Waals surface area contributed by atoms with Crippen molar-refractivity contribution >= 4 is 26.0 Å². The molecule has 1 aliphatic heterocycles. The molecule has 1 aromatic carbocycles. The minimum atomic E-state index is -3.73. The third-order valence-corrected chi connectivity index (χ3v) is 13.6. The lowest BCUT2D eigenvalue weighted by Crippen LogP contribution is -2.57. The van der Waals surface area contributed by atoms with Crippen molar-refractivity contribution in [3.05, 3.63) is 35.4 Å². The lowest BCUT2D eigenvalue weighted by Gasteiger charge is -2.45. The Morgan fingerprint density at radius 3 is 2.45 bits per heavy atom. The van der Waals surface area contributed by atoms with E-state index in [1.165, 1.54) is 11.1 Å². The first-order chi connectivity index (χ1) is 17.7. The number of primary sulfonamides is 1. The van der Waals surface area contributed by atoms with Crippen molar-refractivity contribution in [2.24, 2.45) is 27.6 Å². The summed E-state index contributed by atoms with van der Waals surface area (Å²) in [6.45, 7) is 5.31. The number of hydrogen-bond donors (Lipinski definition) is 3. The summed E-state index contributed by atoms with van der Waals surface area (Å²) in [5.74, 6) is -0.507. The summed E-state index contributed by atoms with van der Waals surface area (Å²) in [7, 11) is -7.29. The fourth-order valence-electron chi connectivity index (χ4n) is 8.22. The van der Waals surface area contributed by atoms with Crippen molar-refractivity contribution in [3.63, 3.8) is 0 Å². The van der Waals surface area contributed by atoms with Gasteiger partial charge in [0.15, 0.2) is 0 Å². The fraction of sp³-hybridized carbons (Fsp3) is 0.741. The standard InChI is InChI=1S/C27H42N4O5S2/c1-25(2)20-8-11-27(25,23(17-20)30-24(32)22(28)9-16-37(29,33)34)18-38(35,36)31-14-12-26(13-15-31)10-7-19-5-3-4-6-21(19)26/h3-6,20,22-23H,7-18,28H2,1-2H3,(H,30,32)(H2,29,33,34)/t20-,22+,23+,27-/m1/s1. The largest absolute Gasteiger partial charge is 0.351 e. The van der Waals surface area contributed by atoms with Crippen LogP contribution in [0.1, 0.15) is 69.9 Å². The van der Waals surface area contributed by atoms with Crippen molar-refractivity contribution in [1.29, 1.82) is 0 Å². The zero-order valence-corrected chi connectivity index (χ0v) is 24.1. The summed E-state index contributed by atoms with van der Waals surface area (Å²) >= 11 is 0. The number of carbonyl (C=O) groups is 1. The van der Waals surface area contributed by atoms with E-state index >= 15 is 0 Å². The first-order valence-corrected chi connectivity index (χ1v) is 17.1. The number of nitrogens with two attached hydrogens (primary N) is 2. The second kappa shape index (κ2) is 9.54. The highest BCUT2D eigenvalue weighted by molar-refractivity contribution is 7.89. The molecule has 4 atom stereocenters. The molecule has 2 bridgehead atoms. The summed E-state index contributed by atoms with van der Waals surface area (Å²) in [5, 5.41) is 8.11. The van der Waals surface area contributed by atoms with Crippen LogP contribution in [0.3, 0.4) is 0 Å². The van der Waals surface area contributed by atoms with Gasteiger partial charge in [0.05, 0.1) is 17.5 Å². The van der Waals surface area contributed by atoms with Crippen LogP contribution in [0.2, 0.25) is 0 Å². The lowest BCUT2D eigenvalue weighted by molar-refractivity contribution is -0.124. The van der Waals surface area contributed by atoms with E-state index in [1.807, 2.05) is 0 Å². The lowest BCUT2D eigenvalue weighted by atomic mass is 9.69. The summed E-state index contributed by atoms with van der Waals surface area (Å²) in [4.78, 5) is 12.9. The van der Waals surface area contributed by atoms with Gasteiger partial charge in [-0.2, -0.15) is 0 Å². The summed E-state index contributed by atoms with van der Waals surface area (Å²) in [6, 6.07) is 7.24. The minimum absolute atomic E-state index is 0.00442. The molecule has 0 aromatic heterocycles. The monoisotopic (exact) mass is 566 g/mol. The summed E-state index contributed by atoms with van der Waals surface area (Å²) in [5.41, 5.74) is 8.00. The number of hydrogen-bond acceptors (Lipinski definition) is 6. The zero-order valence-electron chi connectivity index (χ0n) is 22.5. The van der Waals surface area contributed by atoms with Gasteiger partial charge >= 0.3 is 0 Å². The number of aryl methyl sites for hydroxylation is 1. The van der Waals surface area contributed by atoms with Crippen LogP contribution in [0.25, 0.3) is 0 Å². The van der Waals surface area contributed by atoms with Crippen molar-refractivity contribution < 1.29 is 21.6 Å². The van der Waals surface area contributed by atoms with Crippen LogP contribution >= 0.6 is 0 Å². The Labute approximate surface area is 227 Å².